The first kappa shape index (κ1) is 27.4. The fraction of sp³-hybridized carbons (Fsp3) is 0.542. The minimum atomic E-state index is -4.00. The lowest BCUT2D eigenvalue weighted by atomic mass is 9.82. The van der Waals surface area contributed by atoms with Gasteiger partial charge >= 0.3 is 12.0 Å². The van der Waals surface area contributed by atoms with Crippen molar-refractivity contribution in [3.63, 3.8) is 0 Å². The minimum absolute atomic E-state index is 0.0191. The first-order valence-electron chi connectivity index (χ1n) is 11.4. The van der Waals surface area contributed by atoms with E-state index in [1.165, 1.54) is 0 Å². The Bertz CT molecular complexity index is 999. The first-order valence-corrected chi connectivity index (χ1v) is 13.0. The number of benzene rings is 1. The molecule has 1 aromatic rings. The number of hydrazine groups is 1. The maximum atomic E-state index is 13.3. The number of rotatable bonds is 9. The number of allylic oxidation sites excluding steroid dienone is 1. The Morgan fingerprint density at radius 2 is 1.82 bits per heavy atom. The van der Waals surface area contributed by atoms with E-state index in [2.05, 4.69) is 10.7 Å². The van der Waals surface area contributed by atoms with Crippen molar-refractivity contribution in [2.24, 2.45) is 17.8 Å². The van der Waals surface area contributed by atoms with Crippen LogP contribution in [-0.4, -0.2) is 48.6 Å². The standard InChI is InChI=1S/C24H35N3O6S/c1-17(2)16-20(21(28)26-27-23(30)25-14-15-34(27,31)32)19(22(29)33-24(3,4)5)13-9-12-18-10-7-6-8-11-18/h6-12,17,19-20H,13-16H2,1-5H3,(H,25,30)(H,26,28)/b12-9+/t19-,20+/m0/s1. The van der Waals surface area contributed by atoms with Crippen LogP contribution in [0.1, 0.15) is 53.0 Å². The van der Waals surface area contributed by atoms with Crippen molar-refractivity contribution in [2.75, 3.05) is 12.3 Å². The number of amides is 3. The predicted octanol–water partition coefficient (Wildman–Crippen LogP) is 3.10. The molecule has 0 aromatic heterocycles. The minimum Gasteiger partial charge on any atom is -0.460 e. The molecule has 1 heterocycles. The zero-order valence-electron chi connectivity index (χ0n) is 20.4. The molecule has 2 rings (SSSR count). The highest BCUT2D eigenvalue weighted by atomic mass is 32.2. The van der Waals surface area contributed by atoms with Gasteiger partial charge in [-0.15, -0.1) is 4.41 Å². The summed E-state index contributed by atoms with van der Waals surface area (Å²) >= 11 is 0. The summed E-state index contributed by atoms with van der Waals surface area (Å²) < 4.78 is 30.6. The summed E-state index contributed by atoms with van der Waals surface area (Å²) in [6.07, 6.45) is 4.15. The third-order valence-electron chi connectivity index (χ3n) is 5.07. The average molecular weight is 494 g/mol. The van der Waals surface area contributed by atoms with E-state index in [9.17, 15) is 22.8 Å². The van der Waals surface area contributed by atoms with Crippen molar-refractivity contribution >= 4 is 34.0 Å². The fourth-order valence-electron chi connectivity index (χ4n) is 3.56. The maximum absolute atomic E-state index is 13.3. The Balaban J connectivity index is 2.34. The SMILES string of the molecule is CC(C)C[C@@H](C(=O)NN1C(=O)NCCS1(=O)=O)[C@H](C/C=C/c1ccccc1)C(=O)OC(C)(C)C. The van der Waals surface area contributed by atoms with Crippen LogP contribution >= 0.6 is 0 Å². The third-order valence-corrected chi connectivity index (χ3v) is 6.60. The van der Waals surface area contributed by atoms with Gasteiger partial charge in [-0.2, -0.15) is 0 Å². The molecule has 1 saturated heterocycles. The number of carbonyl (C=O) groups is 3. The number of urea groups is 1. The molecule has 0 radical (unpaired) electrons. The normalized spacial score (nSPS) is 17.8. The molecule has 1 aliphatic rings. The molecule has 1 aromatic carbocycles. The predicted molar refractivity (Wildman–Crippen MR) is 130 cm³/mol. The molecule has 34 heavy (non-hydrogen) atoms. The van der Waals surface area contributed by atoms with E-state index in [1.807, 2.05) is 50.3 Å². The van der Waals surface area contributed by atoms with Gasteiger partial charge in [0.2, 0.25) is 5.91 Å². The molecule has 0 aliphatic carbocycles. The molecule has 0 bridgehead atoms. The molecule has 10 heteroatoms. The van der Waals surface area contributed by atoms with Gasteiger partial charge in [0.1, 0.15) is 5.60 Å². The van der Waals surface area contributed by atoms with E-state index in [1.54, 1.807) is 26.8 Å². The van der Waals surface area contributed by atoms with Crippen LogP contribution in [0, 0.1) is 17.8 Å². The van der Waals surface area contributed by atoms with E-state index in [-0.39, 0.29) is 24.6 Å². The lowest BCUT2D eigenvalue weighted by molar-refractivity contribution is -0.164. The van der Waals surface area contributed by atoms with Gasteiger partial charge in [0.25, 0.3) is 10.0 Å². The Morgan fingerprint density at radius 1 is 1.18 bits per heavy atom. The molecular weight excluding hydrogens is 458 g/mol. The summed E-state index contributed by atoms with van der Waals surface area (Å²) in [4.78, 5) is 38.6. The molecule has 0 saturated carbocycles. The van der Waals surface area contributed by atoms with Gasteiger partial charge in [-0.1, -0.05) is 56.3 Å². The van der Waals surface area contributed by atoms with Crippen LogP contribution in [0.2, 0.25) is 0 Å². The molecule has 1 aliphatic heterocycles. The number of nitrogens with zero attached hydrogens (tertiary/aromatic N) is 1. The summed E-state index contributed by atoms with van der Waals surface area (Å²) in [6, 6.07) is 8.58. The summed E-state index contributed by atoms with van der Waals surface area (Å²) in [5, 5.41) is 2.40. The summed E-state index contributed by atoms with van der Waals surface area (Å²) in [7, 11) is -4.00. The molecule has 9 nitrogen and oxygen atoms in total. The second-order valence-electron chi connectivity index (χ2n) is 9.71. The van der Waals surface area contributed by atoms with Gasteiger partial charge in [0, 0.05) is 6.54 Å². The third kappa shape index (κ3) is 8.16. The van der Waals surface area contributed by atoms with Gasteiger partial charge in [0.05, 0.1) is 17.6 Å². The Morgan fingerprint density at radius 3 is 2.38 bits per heavy atom. The van der Waals surface area contributed by atoms with E-state index in [0.29, 0.717) is 10.8 Å². The number of carbonyl (C=O) groups excluding carboxylic acids is 3. The molecule has 188 valence electrons. The molecule has 3 amide bonds. The number of hydrogen-bond acceptors (Lipinski definition) is 6. The summed E-state index contributed by atoms with van der Waals surface area (Å²) in [5.41, 5.74) is 2.40. The van der Waals surface area contributed by atoms with E-state index < -0.39 is 45.4 Å². The number of esters is 1. The second kappa shape index (κ2) is 11.5. The van der Waals surface area contributed by atoms with Crippen molar-refractivity contribution in [3.05, 3.63) is 42.0 Å². The topological polar surface area (TPSA) is 122 Å². The highest BCUT2D eigenvalue weighted by Gasteiger charge is 2.40. The van der Waals surface area contributed by atoms with Crippen LogP contribution in [0.5, 0.6) is 0 Å². The molecular formula is C24H35N3O6S. The lowest BCUT2D eigenvalue weighted by Gasteiger charge is -2.32. The van der Waals surface area contributed by atoms with Gasteiger partial charge in [-0.3, -0.25) is 9.59 Å². The van der Waals surface area contributed by atoms with Crippen LogP contribution in [0.4, 0.5) is 4.79 Å². The molecule has 0 spiro atoms. The smallest absolute Gasteiger partial charge is 0.350 e. The zero-order chi connectivity index (χ0) is 25.5. The van der Waals surface area contributed by atoms with Crippen molar-refractivity contribution in [2.45, 2.75) is 53.1 Å². The van der Waals surface area contributed by atoms with Crippen LogP contribution in [-0.2, 0) is 24.3 Å². The molecule has 2 N–H and O–H groups in total. The number of nitrogens with one attached hydrogen (secondary N) is 2. The number of sulfonamides is 1. The van der Waals surface area contributed by atoms with E-state index >= 15 is 0 Å². The molecule has 1 fully saturated rings. The highest BCUT2D eigenvalue weighted by Crippen LogP contribution is 2.28. The Labute approximate surface area is 201 Å². The maximum Gasteiger partial charge on any atom is 0.350 e. The van der Waals surface area contributed by atoms with Gasteiger partial charge < -0.3 is 10.1 Å². The summed E-state index contributed by atoms with van der Waals surface area (Å²) in [5.74, 6) is -3.39. The Kier molecular flexibility index (Phi) is 9.26. The fourth-order valence-corrected chi connectivity index (χ4v) is 4.65. The van der Waals surface area contributed by atoms with Crippen LogP contribution in [0.15, 0.2) is 36.4 Å². The zero-order valence-corrected chi connectivity index (χ0v) is 21.2. The van der Waals surface area contributed by atoms with Crippen LogP contribution < -0.4 is 10.7 Å². The number of hydrogen-bond donors (Lipinski definition) is 2. The van der Waals surface area contributed by atoms with E-state index in [4.69, 9.17) is 4.74 Å². The van der Waals surface area contributed by atoms with Crippen molar-refractivity contribution in [3.8, 4) is 0 Å². The molecule has 2 atom stereocenters. The molecule has 0 unspecified atom stereocenters. The van der Waals surface area contributed by atoms with Gasteiger partial charge in [-0.25, -0.2) is 18.6 Å². The Hall–Kier alpha value is -2.88. The second-order valence-corrected chi connectivity index (χ2v) is 11.7. The lowest BCUT2D eigenvalue weighted by Crippen LogP contribution is -2.60. The van der Waals surface area contributed by atoms with Crippen molar-refractivity contribution in [1.82, 2.24) is 15.2 Å². The first-order chi connectivity index (χ1) is 15.8. The van der Waals surface area contributed by atoms with Gasteiger partial charge in [-0.05, 0) is 45.1 Å². The van der Waals surface area contributed by atoms with Gasteiger partial charge in [0.15, 0.2) is 0 Å². The monoisotopic (exact) mass is 493 g/mol. The van der Waals surface area contributed by atoms with Crippen LogP contribution in [0.25, 0.3) is 6.08 Å². The summed E-state index contributed by atoms with van der Waals surface area (Å²) in [6.45, 7) is 8.98. The largest absolute Gasteiger partial charge is 0.460 e. The highest BCUT2D eigenvalue weighted by molar-refractivity contribution is 7.89. The average Bonchev–Trinajstić information content (AvgIpc) is 2.71. The van der Waals surface area contributed by atoms with Crippen LogP contribution in [0.3, 0.4) is 0 Å². The van der Waals surface area contributed by atoms with Crippen molar-refractivity contribution in [1.29, 1.82) is 0 Å². The quantitative estimate of drug-likeness (QED) is 0.510. The number of ether oxygens (including phenoxy) is 1. The van der Waals surface area contributed by atoms with E-state index in [0.717, 1.165) is 5.56 Å². The van der Waals surface area contributed by atoms with Crippen molar-refractivity contribution < 1.29 is 27.5 Å².